The maximum atomic E-state index is 11.0. The van der Waals surface area contributed by atoms with E-state index in [0.29, 0.717) is 5.56 Å². The summed E-state index contributed by atoms with van der Waals surface area (Å²) in [5.74, 6) is -0.326. The summed E-state index contributed by atoms with van der Waals surface area (Å²) in [6.07, 6.45) is 4.06. The molecule has 2 heterocycles. The van der Waals surface area contributed by atoms with Crippen molar-refractivity contribution < 1.29 is 9.21 Å². The highest BCUT2D eigenvalue weighted by Crippen LogP contribution is 2.19. The van der Waals surface area contributed by atoms with E-state index in [9.17, 15) is 4.79 Å². The summed E-state index contributed by atoms with van der Waals surface area (Å²) in [6.45, 7) is 0. The van der Waals surface area contributed by atoms with Gasteiger partial charge in [-0.25, -0.2) is 0 Å². The van der Waals surface area contributed by atoms with Gasteiger partial charge in [0.05, 0.1) is 11.1 Å². The average Bonchev–Trinajstić information content (AvgIpc) is 2.70. The Morgan fingerprint density at radius 2 is 2.36 bits per heavy atom. The van der Waals surface area contributed by atoms with Crippen LogP contribution in [0.25, 0.3) is 11.5 Å². The first-order valence-electron chi connectivity index (χ1n) is 3.79. The van der Waals surface area contributed by atoms with Crippen LogP contribution in [0.15, 0.2) is 29.3 Å². The molecule has 0 fully saturated rings. The van der Waals surface area contributed by atoms with E-state index in [-0.39, 0.29) is 11.5 Å². The Balaban J connectivity index is 2.58. The number of nitrogens with zero attached hydrogens (tertiary/aromatic N) is 3. The second-order valence-electron chi connectivity index (χ2n) is 2.53. The Morgan fingerprint density at radius 1 is 1.50 bits per heavy atom. The molecule has 14 heavy (non-hydrogen) atoms. The predicted molar refractivity (Wildman–Crippen MR) is 46.0 cm³/mol. The molecule has 2 aromatic rings. The van der Waals surface area contributed by atoms with Crippen LogP contribution < -0.4 is 5.73 Å². The molecule has 0 atom stereocenters. The number of amides is 1. The molecule has 2 rings (SSSR count). The number of carbonyl (C=O) groups is 1. The van der Waals surface area contributed by atoms with Crippen molar-refractivity contribution in [3.63, 3.8) is 0 Å². The molecule has 0 saturated heterocycles. The molecule has 0 aromatic carbocycles. The molecule has 70 valence electrons. The summed E-state index contributed by atoms with van der Waals surface area (Å²) in [5.41, 5.74) is 5.90. The fraction of sp³-hybridized carbons (Fsp3) is 0. The smallest absolute Gasteiger partial charge is 0.251 e. The highest BCUT2D eigenvalue weighted by Gasteiger charge is 2.13. The number of primary amides is 1. The van der Waals surface area contributed by atoms with Crippen LogP contribution in [-0.4, -0.2) is 21.1 Å². The molecule has 0 radical (unpaired) electrons. The highest BCUT2D eigenvalue weighted by atomic mass is 16.4. The Morgan fingerprint density at radius 3 is 3.00 bits per heavy atom. The Hall–Kier alpha value is -2.24. The van der Waals surface area contributed by atoms with E-state index >= 15 is 0 Å². The summed E-state index contributed by atoms with van der Waals surface area (Å²) in [5, 5.41) is 7.19. The second-order valence-corrected chi connectivity index (χ2v) is 2.53. The quantitative estimate of drug-likeness (QED) is 0.731. The third kappa shape index (κ3) is 1.33. The SMILES string of the molecule is NC(=O)c1cnccc1-c1nnco1. The highest BCUT2D eigenvalue weighted by molar-refractivity contribution is 5.98. The third-order valence-electron chi connectivity index (χ3n) is 1.68. The molecule has 0 spiro atoms. The molecular formula is C8H6N4O2. The summed E-state index contributed by atoms with van der Waals surface area (Å²) in [6, 6.07) is 1.59. The van der Waals surface area contributed by atoms with E-state index in [1.54, 1.807) is 6.07 Å². The molecule has 1 amide bonds. The van der Waals surface area contributed by atoms with Crippen molar-refractivity contribution in [2.45, 2.75) is 0 Å². The maximum absolute atomic E-state index is 11.0. The molecule has 2 N–H and O–H groups in total. The minimum atomic E-state index is -0.577. The monoisotopic (exact) mass is 190 g/mol. The molecule has 6 heteroatoms. The number of hydrogen-bond donors (Lipinski definition) is 1. The van der Waals surface area contributed by atoms with E-state index in [2.05, 4.69) is 15.2 Å². The molecular weight excluding hydrogens is 184 g/mol. The van der Waals surface area contributed by atoms with E-state index in [1.807, 2.05) is 0 Å². The minimum absolute atomic E-state index is 0.251. The van der Waals surface area contributed by atoms with Gasteiger partial charge in [-0.3, -0.25) is 9.78 Å². The van der Waals surface area contributed by atoms with Gasteiger partial charge < -0.3 is 10.2 Å². The molecule has 2 aromatic heterocycles. The Labute approximate surface area is 78.8 Å². The predicted octanol–water partition coefficient (Wildman–Crippen LogP) is 0.230. The first kappa shape index (κ1) is 8.36. The van der Waals surface area contributed by atoms with Crippen molar-refractivity contribution in [3.8, 4) is 11.5 Å². The van der Waals surface area contributed by atoms with Crippen molar-refractivity contribution in [2.75, 3.05) is 0 Å². The van der Waals surface area contributed by atoms with E-state index < -0.39 is 5.91 Å². The summed E-state index contributed by atoms with van der Waals surface area (Å²) < 4.78 is 4.95. The average molecular weight is 190 g/mol. The number of hydrogen-bond acceptors (Lipinski definition) is 5. The first-order chi connectivity index (χ1) is 6.79. The molecule has 0 bridgehead atoms. The molecule has 6 nitrogen and oxygen atoms in total. The topological polar surface area (TPSA) is 94.9 Å². The summed E-state index contributed by atoms with van der Waals surface area (Å²) in [7, 11) is 0. The van der Waals surface area contributed by atoms with Gasteiger partial charge in [0, 0.05) is 12.4 Å². The zero-order valence-corrected chi connectivity index (χ0v) is 7.04. The van der Waals surface area contributed by atoms with E-state index in [4.69, 9.17) is 10.2 Å². The molecule has 0 unspecified atom stereocenters. The van der Waals surface area contributed by atoms with Crippen LogP contribution in [0, 0.1) is 0 Å². The van der Waals surface area contributed by atoms with Crippen molar-refractivity contribution in [1.29, 1.82) is 0 Å². The minimum Gasteiger partial charge on any atom is -0.423 e. The van der Waals surface area contributed by atoms with Crippen molar-refractivity contribution >= 4 is 5.91 Å². The van der Waals surface area contributed by atoms with Gasteiger partial charge in [0.1, 0.15) is 0 Å². The van der Waals surface area contributed by atoms with Gasteiger partial charge in [-0.15, -0.1) is 10.2 Å². The van der Waals surface area contributed by atoms with Gasteiger partial charge >= 0.3 is 0 Å². The zero-order valence-electron chi connectivity index (χ0n) is 7.04. The standard InChI is InChI=1S/C8H6N4O2/c9-7(13)6-3-10-2-1-5(6)8-12-11-4-14-8/h1-4H,(H2,9,13). The van der Waals surface area contributed by atoms with E-state index in [0.717, 1.165) is 0 Å². The summed E-state index contributed by atoms with van der Waals surface area (Å²) >= 11 is 0. The second kappa shape index (κ2) is 3.25. The van der Waals surface area contributed by atoms with Gasteiger partial charge in [0.2, 0.25) is 12.3 Å². The lowest BCUT2D eigenvalue weighted by Crippen LogP contribution is -2.12. The number of nitrogens with two attached hydrogens (primary N) is 1. The van der Waals surface area contributed by atoms with Gasteiger partial charge in [-0.1, -0.05) is 0 Å². The van der Waals surface area contributed by atoms with Crippen molar-refractivity contribution in [2.24, 2.45) is 5.73 Å². The molecule has 0 aliphatic rings. The van der Waals surface area contributed by atoms with Crippen LogP contribution >= 0.6 is 0 Å². The number of aromatic nitrogens is 3. The van der Waals surface area contributed by atoms with Gasteiger partial charge in [0.25, 0.3) is 5.91 Å². The lowest BCUT2D eigenvalue weighted by molar-refractivity contribution is 0.100. The number of pyridine rings is 1. The maximum Gasteiger partial charge on any atom is 0.251 e. The molecule has 0 aliphatic carbocycles. The van der Waals surface area contributed by atoms with Crippen LogP contribution in [0.3, 0.4) is 0 Å². The lowest BCUT2D eigenvalue weighted by Gasteiger charge is -1.99. The number of carbonyl (C=O) groups excluding carboxylic acids is 1. The lowest BCUT2D eigenvalue weighted by atomic mass is 10.1. The Kier molecular flexibility index (Phi) is 1.94. The van der Waals surface area contributed by atoms with Crippen molar-refractivity contribution in [1.82, 2.24) is 15.2 Å². The first-order valence-corrected chi connectivity index (χ1v) is 3.79. The fourth-order valence-electron chi connectivity index (χ4n) is 1.07. The fourth-order valence-corrected chi connectivity index (χ4v) is 1.07. The van der Waals surface area contributed by atoms with Crippen molar-refractivity contribution in [3.05, 3.63) is 30.4 Å². The Bertz CT molecular complexity index is 452. The molecule has 0 saturated carbocycles. The number of rotatable bonds is 2. The van der Waals surface area contributed by atoms with Gasteiger partial charge in [-0.2, -0.15) is 0 Å². The van der Waals surface area contributed by atoms with Crippen LogP contribution in [-0.2, 0) is 0 Å². The van der Waals surface area contributed by atoms with Crippen LogP contribution in [0.1, 0.15) is 10.4 Å². The summed E-state index contributed by atoms with van der Waals surface area (Å²) in [4.78, 5) is 14.8. The largest absolute Gasteiger partial charge is 0.423 e. The van der Waals surface area contributed by atoms with Crippen LogP contribution in [0.2, 0.25) is 0 Å². The van der Waals surface area contributed by atoms with Crippen LogP contribution in [0.5, 0.6) is 0 Å². The zero-order chi connectivity index (χ0) is 9.97. The third-order valence-corrected chi connectivity index (χ3v) is 1.68. The normalized spacial score (nSPS) is 10.0. The van der Waals surface area contributed by atoms with Gasteiger partial charge in [0.15, 0.2) is 0 Å². The van der Waals surface area contributed by atoms with Crippen LogP contribution in [0.4, 0.5) is 0 Å². The molecule has 0 aliphatic heterocycles. The van der Waals surface area contributed by atoms with Gasteiger partial charge in [-0.05, 0) is 6.07 Å². The van der Waals surface area contributed by atoms with E-state index in [1.165, 1.54) is 18.8 Å².